The molecule has 0 radical (unpaired) electrons. The van der Waals surface area contributed by atoms with Crippen LogP contribution in [0.25, 0.3) is 0 Å². The molecule has 14 heteroatoms. The van der Waals surface area contributed by atoms with E-state index in [-0.39, 0.29) is 24.6 Å². The minimum absolute atomic E-state index is 0.0614. The number of aromatic nitrogens is 2. The Morgan fingerprint density at radius 2 is 1.55 bits per heavy atom. The third kappa shape index (κ3) is 11.9. The number of alkyl halides is 2. The van der Waals surface area contributed by atoms with Crippen molar-refractivity contribution in [2.24, 2.45) is 0 Å². The van der Waals surface area contributed by atoms with Crippen molar-refractivity contribution in [3.05, 3.63) is 52.6 Å². The molecular weight excluding hydrogens is 659 g/mol. The minimum atomic E-state index is -4.22. The molecular formula is C35H52F2N3O8P. The highest BCUT2D eigenvalue weighted by atomic mass is 31.2. The van der Waals surface area contributed by atoms with Gasteiger partial charge in [0.2, 0.25) is 6.23 Å². The predicted molar refractivity (Wildman–Crippen MR) is 181 cm³/mol. The van der Waals surface area contributed by atoms with E-state index in [1.54, 1.807) is 24.3 Å². The second-order valence-corrected chi connectivity index (χ2v) is 14.5. The van der Waals surface area contributed by atoms with E-state index < -0.39 is 50.4 Å². The van der Waals surface area contributed by atoms with Crippen LogP contribution in [0.2, 0.25) is 0 Å². The fourth-order valence-corrected chi connectivity index (χ4v) is 7.33. The summed E-state index contributed by atoms with van der Waals surface area (Å²) in [6.07, 6.45) is 13.8. The van der Waals surface area contributed by atoms with Crippen molar-refractivity contribution >= 4 is 19.6 Å². The molecule has 1 saturated heterocycles. The number of rotatable bonds is 22. The molecule has 3 heterocycles. The number of nitrogens with two attached hydrogens (primary N) is 1. The molecule has 2 aliphatic rings. The lowest BCUT2D eigenvalue weighted by Crippen LogP contribution is -2.44. The molecule has 0 saturated carbocycles. The lowest BCUT2D eigenvalue weighted by molar-refractivity contribution is -0.176. The SMILES string of the molecule is CCCCCCCCCCCCCCCCCCC(=O)O[C@@H]1[C@@H](COP2(=O)OCc3ccccc3O2)O[C@@H](n2ccc(N)nc2=O)C1(F)F. The molecule has 0 spiro atoms. The van der Waals surface area contributed by atoms with Gasteiger partial charge < -0.3 is 19.7 Å². The second kappa shape index (κ2) is 19.5. The van der Waals surface area contributed by atoms with Crippen LogP contribution in [-0.2, 0) is 34.5 Å². The number of nitrogen functional groups attached to an aromatic ring is 1. The summed E-state index contributed by atoms with van der Waals surface area (Å²) in [5.41, 5.74) is 5.09. The van der Waals surface area contributed by atoms with E-state index >= 15 is 8.78 Å². The van der Waals surface area contributed by atoms with Gasteiger partial charge in [-0.1, -0.05) is 121 Å². The summed E-state index contributed by atoms with van der Waals surface area (Å²) in [5, 5.41) is 0. The first-order valence-electron chi connectivity index (χ1n) is 17.9. The van der Waals surface area contributed by atoms with Crippen LogP contribution in [-0.4, -0.2) is 40.3 Å². The standard InChI is InChI=1S/C35H52F2N3O8P/c1-2-3-4-5-6-7-8-9-10-11-12-13-14-15-16-17-22-31(41)47-32-29(26-45-49(43)44-25-27-20-18-19-21-28(27)48-49)46-33(35(32,36)37)40-24-23-30(38)39-34(40)42/h18-21,23-24,29,32-33H,2-17,22,25-26H2,1H3,(H2,38,39,42)/t29-,32-,33-,49?/m1/s1. The Kier molecular flexibility index (Phi) is 15.5. The third-order valence-corrected chi connectivity index (χ3v) is 10.2. The number of esters is 1. The second-order valence-electron chi connectivity index (χ2n) is 12.9. The summed E-state index contributed by atoms with van der Waals surface area (Å²) >= 11 is 0. The van der Waals surface area contributed by atoms with E-state index in [9.17, 15) is 14.2 Å². The highest BCUT2D eigenvalue weighted by Gasteiger charge is 2.63. The van der Waals surface area contributed by atoms with Crippen LogP contribution in [0.15, 0.2) is 41.3 Å². The van der Waals surface area contributed by atoms with Gasteiger partial charge in [-0.25, -0.2) is 9.36 Å². The number of unbranched alkanes of at least 4 members (excludes halogenated alkanes) is 15. The number of carbonyl (C=O) groups excluding carboxylic acids is 1. The number of halogens is 2. The zero-order chi connectivity index (χ0) is 35.1. The molecule has 49 heavy (non-hydrogen) atoms. The number of para-hydroxylation sites is 1. The average molecular weight is 712 g/mol. The summed E-state index contributed by atoms with van der Waals surface area (Å²) in [4.78, 5) is 28.7. The van der Waals surface area contributed by atoms with Crippen molar-refractivity contribution in [2.45, 2.75) is 147 Å². The predicted octanol–water partition coefficient (Wildman–Crippen LogP) is 8.66. The molecule has 1 unspecified atom stereocenters. The van der Waals surface area contributed by atoms with Crippen LogP contribution in [0.1, 0.15) is 128 Å². The number of benzene rings is 1. The van der Waals surface area contributed by atoms with Crippen molar-refractivity contribution < 1.29 is 41.2 Å². The van der Waals surface area contributed by atoms with Crippen LogP contribution in [0.3, 0.4) is 0 Å². The van der Waals surface area contributed by atoms with E-state index in [1.807, 2.05) is 0 Å². The molecule has 1 aromatic carbocycles. The van der Waals surface area contributed by atoms with Gasteiger partial charge in [0.05, 0.1) is 13.2 Å². The number of hydrogen-bond donors (Lipinski definition) is 1. The number of hydrogen-bond acceptors (Lipinski definition) is 10. The summed E-state index contributed by atoms with van der Waals surface area (Å²) in [5.74, 6) is -4.60. The van der Waals surface area contributed by atoms with Crippen LogP contribution >= 0.6 is 7.82 Å². The van der Waals surface area contributed by atoms with Gasteiger partial charge in [0.1, 0.15) is 17.7 Å². The van der Waals surface area contributed by atoms with Crippen molar-refractivity contribution in [1.29, 1.82) is 0 Å². The molecule has 0 amide bonds. The molecule has 0 aliphatic carbocycles. The minimum Gasteiger partial charge on any atom is -0.453 e. The molecule has 2 aromatic rings. The normalized spacial score (nSPS) is 22.8. The van der Waals surface area contributed by atoms with E-state index in [0.717, 1.165) is 31.9 Å². The molecule has 1 fully saturated rings. The zero-order valence-corrected chi connectivity index (χ0v) is 29.5. The molecule has 1 aromatic heterocycles. The maximum atomic E-state index is 15.8. The Labute approximate surface area is 287 Å². The van der Waals surface area contributed by atoms with E-state index in [1.165, 1.54) is 76.7 Å². The van der Waals surface area contributed by atoms with Gasteiger partial charge in [-0.2, -0.15) is 13.8 Å². The van der Waals surface area contributed by atoms with Crippen LogP contribution < -0.4 is 15.9 Å². The Morgan fingerprint density at radius 1 is 0.959 bits per heavy atom. The molecule has 2 aliphatic heterocycles. The maximum absolute atomic E-state index is 15.8. The Hall–Kier alpha value is -2.86. The first kappa shape index (κ1) is 38.9. The summed E-state index contributed by atoms with van der Waals surface area (Å²) in [6, 6.07) is 7.89. The molecule has 0 bridgehead atoms. The summed E-state index contributed by atoms with van der Waals surface area (Å²) in [7, 11) is -4.22. The molecule has 11 nitrogen and oxygen atoms in total. The van der Waals surface area contributed by atoms with E-state index in [4.69, 9.17) is 28.8 Å². The number of phosphoric ester groups is 1. The fourth-order valence-electron chi connectivity index (χ4n) is 6.11. The summed E-state index contributed by atoms with van der Waals surface area (Å²) in [6.45, 7) is 1.42. The average Bonchev–Trinajstić information content (AvgIpc) is 3.32. The Bertz CT molecular complexity index is 1430. The number of fused-ring (bicyclic) bond motifs is 1. The smallest absolute Gasteiger partial charge is 0.453 e. The molecule has 274 valence electrons. The number of carbonyl (C=O) groups is 1. The molecule has 4 rings (SSSR count). The zero-order valence-electron chi connectivity index (χ0n) is 28.6. The van der Waals surface area contributed by atoms with Crippen molar-refractivity contribution in [2.75, 3.05) is 12.3 Å². The fraction of sp³-hybridized carbons (Fsp3) is 0.686. The topological polar surface area (TPSA) is 141 Å². The number of ether oxygens (including phenoxy) is 2. The first-order chi connectivity index (χ1) is 23.6. The maximum Gasteiger partial charge on any atom is 0.530 e. The van der Waals surface area contributed by atoms with Crippen LogP contribution in [0, 0.1) is 0 Å². The van der Waals surface area contributed by atoms with E-state index in [2.05, 4.69) is 11.9 Å². The van der Waals surface area contributed by atoms with Gasteiger partial charge >= 0.3 is 25.4 Å². The van der Waals surface area contributed by atoms with Crippen molar-refractivity contribution in [3.8, 4) is 5.75 Å². The highest BCUT2D eigenvalue weighted by molar-refractivity contribution is 7.49. The first-order valence-corrected chi connectivity index (χ1v) is 19.3. The highest BCUT2D eigenvalue weighted by Crippen LogP contribution is 2.55. The van der Waals surface area contributed by atoms with Gasteiger partial charge in [0.25, 0.3) is 0 Å². The number of phosphoric acid groups is 1. The Morgan fingerprint density at radius 3 is 2.16 bits per heavy atom. The van der Waals surface area contributed by atoms with Crippen molar-refractivity contribution in [3.63, 3.8) is 0 Å². The van der Waals surface area contributed by atoms with Crippen molar-refractivity contribution in [1.82, 2.24) is 9.55 Å². The van der Waals surface area contributed by atoms with Gasteiger partial charge in [0.15, 0.2) is 6.10 Å². The Balaban J connectivity index is 1.21. The van der Waals surface area contributed by atoms with Crippen LogP contribution in [0.4, 0.5) is 14.6 Å². The third-order valence-electron chi connectivity index (χ3n) is 8.90. The van der Waals surface area contributed by atoms with Gasteiger partial charge in [0, 0.05) is 18.2 Å². The van der Waals surface area contributed by atoms with Crippen LogP contribution in [0.5, 0.6) is 5.75 Å². The summed E-state index contributed by atoms with van der Waals surface area (Å²) < 4.78 is 72.3. The number of anilines is 1. The largest absolute Gasteiger partial charge is 0.530 e. The van der Waals surface area contributed by atoms with Gasteiger partial charge in [-0.05, 0) is 18.6 Å². The number of nitrogens with zero attached hydrogens (tertiary/aromatic N) is 2. The quantitative estimate of drug-likeness (QED) is 0.0717. The molecule has 4 atom stereocenters. The monoisotopic (exact) mass is 711 g/mol. The lowest BCUT2D eigenvalue weighted by Gasteiger charge is -2.27. The molecule has 2 N–H and O–H groups in total. The van der Waals surface area contributed by atoms with Gasteiger partial charge in [-0.15, -0.1) is 0 Å². The van der Waals surface area contributed by atoms with E-state index in [0.29, 0.717) is 16.6 Å². The lowest BCUT2D eigenvalue weighted by atomic mass is 10.0. The van der Waals surface area contributed by atoms with Gasteiger partial charge in [-0.3, -0.25) is 18.4 Å².